The van der Waals surface area contributed by atoms with Crippen molar-refractivity contribution in [1.29, 1.82) is 0 Å². The van der Waals surface area contributed by atoms with Crippen LogP contribution in [0.4, 0.5) is 11.5 Å². The summed E-state index contributed by atoms with van der Waals surface area (Å²) in [4.78, 5) is 10.2. The van der Waals surface area contributed by atoms with E-state index in [1.165, 1.54) is 10.9 Å². The summed E-state index contributed by atoms with van der Waals surface area (Å²) in [6.07, 6.45) is 1.86. The van der Waals surface area contributed by atoms with Gasteiger partial charge in [-0.15, -0.1) is 5.10 Å². The number of hydrogen-bond acceptors (Lipinski definition) is 5. The Bertz CT molecular complexity index is 350. The molecule has 0 saturated carbocycles. The second kappa shape index (κ2) is 4.74. The first-order chi connectivity index (χ1) is 7.04. The zero-order chi connectivity index (χ0) is 11.4. The van der Waals surface area contributed by atoms with E-state index in [0.29, 0.717) is 6.42 Å². The van der Waals surface area contributed by atoms with Crippen molar-refractivity contribution in [2.45, 2.75) is 19.4 Å². The zero-order valence-corrected chi connectivity index (χ0v) is 8.67. The van der Waals surface area contributed by atoms with Gasteiger partial charge in [-0.2, -0.15) is 0 Å². The maximum atomic E-state index is 10.6. The number of aliphatic hydroxyl groups is 1. The molecule has 1 rings (SSSR count). The zero-order valence-electron chi connectivity index (χ0n) is 8.67. The smallest absolute Gasteiger partial charge is 0.330 e. The lowest BCUT2D eigenvalue weighted by molar-refractivity contribution is -0.384. The van der Waals surface area contributed by atoms with E-state index < -0.39 is 4.92 Å². The van der Waals surface area contributed by atoms with Crippen molar-refractivity contribution in [3.63, 3.8) is 0 Å². The van der Waals surface area contributed by atoms with Crippen LogP contribution in [0.15, 0.2) is 6.20 Å². The van der Waals surface area contributed by atoms with E-state index in [2.05, 4.69) is 10.4 Å². The molecule has 1 heterocycles. The molecular weight excluding hydrogens is 200 g/mol. The van der Waals surface area contributed by atoms with Crippen LogP contribution < -0.4 is 5.32 Å². The molecule has 0 aliphatic rings. The van der Waals surface area contributed by atoms with Crippen LogP contribution in [0.5, 0.6) is 0 Å². The van der Waals surface area contributed by atoms with Crippen LogP contribution in [0.2, 0.25) is 0 Å². The lowest BCUT2D eigenvalue weighted by atomic mass is 10.2. The van der Waals surface area contributed by atoms with Gasteiger partial charge in [-0.05, 0) is 13.3 Å². The van der Waals surface area contributed by atoms with E-state index >= 15 is 0 Å². The van der Waals surface area contributed by atoms with E-state index in [4.69, 9.17) is 5.11 Å². The van der Waals surface area contributed by atoms with Gasteiger partial charge in [0.05, 0.1) is 4.92 Å². The number of anilines is 1. The summed E-state index contributed by atoms with van der Waals surface area (Å²) < 4.78 is 1.38. The summed E-state index contributed by atoms with van der Waals surface area (Å²) in [5, 5.41) is 26.2. The summed E-state index contributed by atoms with van der Waals surface area (Å²) in [5.41, 5.74) is -0.0534. The molecule has 1 unspecified atom stereocenters. The molecule has 0 aliphatic heterocycles. The molecule has 7 heteroatoms. The van der Waals surface area contributed by atoms with Gasteiger partial charge < -0.3 is 10.4 Å². The third-order valence-electron chi connectivity index (χ3n) is 1.95. The molecule has 84 valence electrons. The minimum atomic E-state index is -0.485. The van der Waals surface area contributed by atoms with Gasteiger partial charge in [0.15, 0.2) is 0 Å². The minimum absolute atomic E-state index is 0.0365. The topological polar surface area (TPSA) is 93.2 Å². The normalized spacial score (nSPS) is 12.5. The first-order valence-corrected chi connectivity index (χ1v) is 4.60. The molecule has 0 saturated heterocycles. The summed E-state index contributed by atoms with van der Waals surface area (Å²) in [6.45, 7) is 1.86. The molecule has 7 nitrogen and oxygen atoms in total. The van der Waals surface area contributed by atoms with Gasteiger partial charge >= 0.3 is 5.69 Å². The van der Waals surface area contributed by atoms with E-state index in [0.717, 1.165) is 0 Å². The van der Waals surface area contributed by atoms with Gasteiger partial charge in [-0.3, -0.25) is 14.8 Å². The quantitative estimate of drug-likeness (QED) is 0.550. The van der Waals surface area contributed by atoms with Gasteiger partial charge in [-0.25, -0.2) is 0 Å². The number of hydrogen-bond donors (Lipinski definition) is 2. The molecule has 0 bridgehead atoms. The van der Waals surface area contributed by atoms with Gasteiger partial charge in [0, 0.05) is 19.7 Å². The van der Waals surface area contributed by atoms with Crippen molar-refractivity contribution >= 4 is 11.5 Å². The predicted octanol–water partition coefficient (Wildman–Crippen LogP) is 0.511. The van der Waals surface area contributed by atoms with Crippen LogP contribution >= 0.6 is 0 Å². The molecule has 1 aromatic heterocycles. The fraction of sp³-hybridized carbons (Fsp3) is 0.625. The minimum Gasteiger partial charge on any atom is -0.396 e. The Hall–Kier alpha value is -1.63. The summed E-state index contributed by atoms with van der Waals surface area (Å²) in [6, 6.07) is -0.0522. The molecule has 15 heavy (non-hydrogen) atoms. The van der Waals surface area contributed by atoms with Crippen molar-refractivity contribution < 1.29 is 10.0 Å². The highest BCUT2D eigenvalue weighted by atomic mass is 16.6. The SMILES string of the molecule is CC(CCO)Nc1nn(C)cc1[N+](=O)[O-]. The van der Waals surface area contributed by atoms with Gasteiger partial charge in [0.2, 0.25) is 5.82 Å². The second-order valence-electron chi connectivity index (χ2n) is 3.35. The average Bonchev–Trinajstić information content (AvgIpc) is 2.47. The summed E-state index contributed by atoms with van der Waals surface area (Å²) in [7, 11) is 1.62. The molecule has 0 aromatic carbocycles. The van der Waals surface area contributed by atoms with Crippen LogP contribution in [0.1, 0.15) is 13.3 Å². The summed E-state index contributed by atoms with van der Waals surface area (Å²) >= 11 is 0. The third-order valence-corrected chi connectivity index (χ3v) is 1.95. The molecule has 1 atom stereocenters. The van der Waals surface area contributed by atoms with Crippen molar-refractivity contribution in [3.05, 3.63) is 16.3 Å². The molecular formula is C8H14N4O3. The Balaban J connectivity index is 2.79. The Morgan fingerprint density at radius 1 is 1.80 bits per heavy atom. The van der Waals surface area contributed by atoms with Crippen LogP contribution in [0.3, 0.4) is 0 Å². The Labute approximate surface area is 86.9 Å². The van der Waals surface area contributed by atoms with Crippen LogP contribution in [0, 0.1) is 10.1 Å². The van der Waals surface area contributed by atoms with Gasteiger partial charge in [-0.1, -0.05) is 0 Å². The number of nitro groups is 1. The molecule has 0 amide bonds. The lowest BCUT2D eigenvalue weighted by Crippen LogP contribution is -2.17. The van der Waals surface area contributed by atoms with Crippen LogP contribution in [-0.2, 0) is 7.05 Å². The molecule has 0 radical (unpaired) electrons. The Kier molecular flexibility index (Phi) is 3.62. The Morgan fingerprint density at radius 2 is 2.47 bits per heavy atom. The standard InChI is InChI=1S/C8H14N4O3/c1-6(3-4-13)9-8-7(12(14)15)5-11(2)10-8/h5-6,13H,3-4H2,1-2H3,(H,9,10). The van der Waals surface area contributed by atoms with E-state index in [-0.39, 0.29) is 24.2 Å². The first-order valence-electron chi connectivity index (χ1n) is 4.60. The maximum absolute atomic E-state index is 10.6. The second-order valence-corrected chi connectivity index (χ2v) is 3.35. The van der Waals surface area contributed by atoms with Gasteiger partial charge in [0.25, 0.3) is 0 Å². The highest BCUT2D eigenvalue weighted by Crippen LogP contribution is 2.22. The Morgan fingerprint density at radius 3 is 3.00 bits per heavy atom. The monoisotopic (exact) mass is 214 g/mol. The van der Waals surface area contributed by atoms with E-state index in [1.807, 2.05) is 6.92 Å². The van der Waals surface area contributed by atoms with E-state index in [9.17, 15) is 10.1 Å². The highest BCUT2D eigenvalue weighted by Gasteiger charge is 2.19. The van der Waals surface area contributed by atoms with Crippen molar-refractivity contribution in [2.75, 3.05) is 11.9 Å². The predicted molar refractivity (Wildman–Crippen MR) is 54.6 cm³/mol. The van der Waals surface area contributed by atoms with E-state index in [1.54, 1.807) is 7.05 Å². The molecule has 2 N–H and O–H groups in total. The summed E-state index contributed by atoms with van der Waals surface area (Å²) in [5.74, 6) is 0.239. The molecule has 1 aromatic rings. The lowest BCUT2D eigenvalue weighted by Gasteiger charge is -2.10. The van der Waals surface area contributed by atoms with Crippen molar-refractivity contribution in [2.24, 2.45) is 7.05 Å². The van der Waals surface area contributed by atoms with Crippen molar-refractivity contribution in [1.82, 2.24) is 9.78 Å². The number of aliphatic hydroxyl groups excluding tert-OH is 1. The fourth-order valence-electron chi connectivity index (χ4n) is 1.21. The number of nitrogens with zero attached hydrogens (tertiary/aromatic N) is 3. The number of aryl methyl sites for hydroxylation is 1. The first kappa shape index (κ1) is 11.4. The van der Waals surface area contributed by atoms with Crippen LogP contribution in [0.25, 0.3) is 0 Å². The molecule has 0 spiro atoms. The molecule has 0 fully saturated rings. The number of aromatic nitrogens is 2. The maximum Gasteiger partial charge on any atom is 0.330 e. The fourth-order valence-corrected chi connectivity index (χ4v) is 1.21. The average molecular weight is 214 g/mol. The van der Waals surface area contributed by atoms with Crippen molar-refractivity contribution in [3.8, 4) is 0 Å². The molecule has 0 aliphatic carbocycles. The number of rotatable bonds is 5. The number of nitrogens with one attached hydrogen (secondary N) is 1. The third kappa shape index (κ3) is 2.91. The highest BCUT2D eigenvalue weighted by molar-refractivity contribution is 5.54. The van der Waals surface area contributed by atoms with Gasteiger partial charge in [0.1, 0.15) is 6.20 Å². The van der Waals surface area contributed by atoms with Crippen LogP contribution in [-0.4, -0.2) is 32.5 Å². The largest absolute Gasteiger partial charge is 0.396 e.